The Balaban J connectivity index is 2.04. The first-order valence-electron chi connectivity index (χ1n) is 12.0. The topological polar surface area (TPSA) is 86.8 Å². The number of benzene rings is 3. The minimum Gasteiger partial charge on any atom is -0.357 e. The molecule has 2 amide bonds. The van der Waals surface area contributed by atoms with E-state index in [-0.39, 0.29) is 17.3 Å². The van der Waals surface area contributed by atoms with E-state index in [4.69, 9.17) is 0 Å². The molecule has 0 saturated heterocycles. The molecule has 0 aromatic heterocycles. The Kier molecular flexibility index (Phi) is 9.77. The van der Waals surface area contributed by atoms with E-state index in [0.717, 1.165) is 20.3 Å². The Hall–Kier alpha value is -3.30. The second kappa shape index (κ2) is 12.8. The Morgan fingerprint density at radius 2 is 1.57 bits per heavy atom. The van der Waals surface area contributed by atoms with Gasteiger partial charge in [-0.25, -0.2) is 8.42 Å². The molecule has 0 saturated carbocycles. The quantitative estimate of drug-likeness (QED) is 0.364. The first kappa shape index (κ1) is 28.3. The molecule has 196 valence electrons. The van der Waals surface area contributed by atoms with Gasteiger partial charge < -0.3 is 10.2 Å². The molecule has 0 fully saturated rings. The normalized spacial score (nSPS) is 12.0. The minimum atomic E-state index is -4.08. The number of carbonyl (C=O) groups is 2. The van der Waals surface area contributed by atoms with Crippen LogP contribution in [0, 0.1) is 6.92 Å². The van der Waals surface area contributed by atoms with Crippen LogP contribution >= 0.6 is 11.8 Å². The molecule has 1 atom stereocenters. The van der Waals surface area contributed by atoms with Gasteiger partial charge >= 0.3 is 0 Å². The van der Waals surface area contributed by atoms with Gasteiger partial charge in [0.05, 0.1) is 10.6 Å². The zero-order chi connectivity index (χ0) is 27.0. The molecule has 1 N–H and O–H groups in total. The van der Waals surface area contributed by atoms with Crippen molar-refractivity contribution in [3.8, 4) is 0 Å². The zero-order valence-electron chi connectivity index (χ0n) is 21.5. The summed E-state index contributed by atoms with van der Waals surface area (Å²) in [6.07, 6.45) is 2.30. The van der Waals surface area contributed by atoms with Crippen molar-refractivity contribution in [2.75, 3.05) is 24.2 Å². The van der Waals surface area contributed by atoms with Crippen molar-refractivity contribution in [2.24, 2.45) is 0 Å². The molecule has 37 heavy (non-hydrogen) atoms. The minimum absolute atomic E-state index is 0.0895. The number of sulfonamides is 1. The van der Waals surface area contributed by atoms with Crippen molar-refractivity contribution in [3.63, 3.8) is 0 Å². The lowest BCUT2D eigenvalue weighted by Crippen LogP contribution is -2.51. The van der Waals surface area contributed by atoms with Crippen molar-refractivity contribution in [3.05, 3.63) is 90.0 Å². The number of thioether (sulfide) groups is 1. The summed E-state index contributed by atoms with van der Waals surface area (Å²) >= 11 is 1.51. The van der Waals surface area contributed by atoms with E-state index in [2.05, 4.69) is 5.32 Å². The third-order valence-electron chi connectivity index (χ3n) is 6.08. The molecule has 0 aliphatic rings. The average Bonchev–Trinajstić information content (AvgIpc) is 2.92. The number of amides is 2. The summed E-state index contributed by atoms with van der Waals surface area (Å²) in [5.41, 5.74) is 2.18. The van der Waals surface area contributed by atoms with Gasteiger partial charge in [0.15, 0.2) is 0 Å². The van der Waals surface area contributed by atoms with E-state index in [0.29, 0.717) is 12.1 Å². The first-order chi connectivity index (χ1) is 17.7. The lowest BCUT2D eigenvalue weighted by molar-refractivity contribution is -0.140. The number of anilines is 1. The predicted molar refractivity (Wildman–Crippen MR) is 149 cm³/mol. The van der Waals surface area contributed by atoms with Gasteiger partial charge in [0.25, 0.3) is 10.0 Å². The highest BCUT2D eigenvalue weighted by molar-refractivity contribution is 7.98. The second-order valence-corrected chi connectivity index (χ2v) is 11.3. The van der Waals surface area contributed by atoms with Gasteiger partial charge in [-0.2, -0.15) is 0 Å². The van der Waals surface area contributed by atoms with E-state index in [1.165, 1.54) is 23.7 Å². The van der Waals surface area contributed by atoms with E-state index < -0.39 is 28.5 Å². The molecule has 0 aliphatic heterocycles. The van der Waals surface area contributed by atoms with Gasteiger partial charge in [-0.3, -0.25) is 13.9 Å². The second-order valence-electron chi connectivity index (χ2n) is 8.57. The van der Waals surface area contributed by atoms with Crippen LogP contribution in [0.15, 0.2) is 88.7 Å². The molecular formula is C28H33N3O4S2. The molecule has 7 nitrogen and oxygen atoms in total. The summed E-state index contributed by atoms with van der Waals surface area (Å²) in [7, 11) is -2.55. The number of likely N-dealkylation sites (N-methyl/N-ethyl adjacent to an activating group) is 1. The molecule has 0 radical (unpaired) electrons. The molecule has 0 spiro atoms. The SMILES string of the molecule is CC[C@H](C(=O)NC)N(Cc1ccccc1)C(=O)CN(c1ccc(C)cc1)S(=O)(=O)c1ccc(SC)cc1. The highest BCUT2D eigenvalue weighted by atomic mass is 32.2. The third kappa shape index (κ3) is 6.93. The van der Waals surface area contributed by atoms with Crippen LogP contribution < -0.4 is 9.62 Å². The molecule has 3 rings (SSSR count). The third-order valence-corrected chi connectivity index (χ3v) is 8.61. The van der Waals surface area contributed by atoms with Gasteiger partial charge in [-0.15, -0.1) is 11.8 Å². The van der Waals surface area contributed by atoms with E-state index >= 15 is 0 Å². The van der Waals surface area contributed by atoms with Crippen molar-refractivity contribution in [2.45, 2.75) is 42.6 Å². The van der Waals surface area contributed by atoms with Crippen LogP contribution in [0.1, 0.15) is 24.5 Å². The van der Waals surface area contributed by atoms with Crippen LogP contribution in [0.4, 0.5) is 5.69 Å². The Bertz CT molecular complexity index is 1300. The largest absolute Gasteiger partial charge is 0.357 e. The fourth-order valence-corrected chi connectivity index (χ4v) is 5.80. The maximum absolute atomic E-state index is 13.8. The van der Waals surface area contributed by atoms with E-state index in [1.807, 2.05) is 50.4 Å². The number of hydrogen-bond donors (Lipinski definition) is 1. The van der Waals surface area contributed by atoms with Crippen LogP contribution in [0.3, 0.4) is 0 Å². The Morgan fingerprint density at radius 1 is 0.946 bits per heavy atom. The summed E-state index contributed by atoms with van der Waals surface area (Å²) in [5, 5.41) is 2.63. The molecule has 9 heteroatoms. The number of nitrogens with zero attached hydrogens (tertiary/aromatic N) is 2. The van der Waals surface area contributed by atoms with Crippen molar-refractivity contribution in [1.29, 1.82) is 0 Å². The van der Waals surface area contributed by atoms with Crippen molar-refractivity contribution < 1.29 is 18.0 Å². The molecule has 3 aromatic rings. The molecule has 0 bridgehead atoms. The van der Waals surface area contributed by atoms with Gasteiger partial charge in [0.1, 0.15) is 12.6 Å². The van der Waals surface area contributed by atoms with E-state index in [1.54, 1.807) is 48.5 Å². The Morgan fingerprint density at radius 3 is 2.11 bits per heavy atom. The smallest absolute Gasteiger partial charge is 0.264 e. The highest BCUT2D eigenvalue weighted by Crippen LogP contribution is 2.26. The highest BCUT2D eigenvalue weighted by Gasteiger charge is 2.33. The predicted octanol–water partition coefficient (Wildman–Crippen LogP) is 4.47. The fraction of sp³-hybridized carbons (Fsp3) is 0.286. The summed E-state index contributed by atoms with van der Waals surface area (Å²) in [6, 6.07) is 22.2. The standard InChI is InChI=1S/C28H33N3O4S2/c1-5-26(28(33)29-3)30(19-22-9-7-6-8-10-22)27(32)20-31(23-13-11-21(2)12-14-23)37(34,35)25-17-15-24(36-4)16-18-25/h6-18,26H,5,19-20H2,1-4H3,(H,29,33)/t26-/m1/s1. The summed E-state index contributed by atoms with van der Waals surface area (Å²) in [4.78, 5) is 29.0. The maximum atomic E-state index is 13.8. The first-order valence-corrected chi connectivity index (χ1v) is 14.7. The van der Waals surface area contributed by atoms with Crippen LogP contribution in [0.5, 0.6) is 0 Å². The lowest BCUT2D eigenvalue weighted by Gasteiger charge is -2.33. The molecule has 0 unspecified atom stereocenters. The van der Waals surface area contributed by atoms with E-state index in [9.17, 15) is 18.0 Å². The number of nitrogens with one attached hydrogen (secondary N) is 1. The number of rotatable bonds is 11. The number of aryl methyl sites for hydroxylation is 1. The Labute approximate surface area is 223 Å². The van der Waals surface area contributed by atoms with Gasteiger partial charge in [0, 0.05) is 18.5 Å². The lowest BCUT2D eigenvalue weighted by atomic mass is 10.1. The monoisotopic (exact) mass is 539 g/mol. The molecule has 3 aromatic carbocycles. The maximum Gasteiger partial charge on any atom is 0.264 e. The van der Waals surface area contributed by atoms with Crippen molar-refractivity contribution in [1.82, 2.24) is 10.2 Å². The summed E-state index contributed by atoms with van der Waals surface area (Å²) in [5.74, 6) is -0.770. The number of hydrogen-bond acceptors (Lipinski definition) is 5. The number of carbonyl (C=O) groups excluding carboxylic acids is 2. The van der Waals surface area contributed by atoms with Crippen LogP contribution in [0.2, 0.25) is 0 Å². The van der Waals surface area contributed by atoms with Gasteiger partial charge in [-0.05, 0) is 61.6 Å². The van der Waals surface area contributed by atoms with Crippen LogP contribution in [-0.2, 0) is 26.2 Å². The zero-order valence-corrected chi connectivity index (χ0v) is 23.2. The summed E-state index contributed by atoms with van der Waals surface area (Å²) < 4.78 is 28.8. The molecule has 0 aliphatic carbocycles. The summed E-state index contributed by atoms with van der Waals surface area (Å²) in [6.45, 7) is 3.46. The van der Waals surface area contributed by atoms with Crippen molar-refractivity contribution >= 4 is 39.3 Å². The van der Waals surface area contributed by atoms with Gasteiger partial charge in [-0.1, -0.05) is 55.0 Å². The van der Waals surface area contributed by atoms with Crippen LogP contribution in [0.25, 0.3) is 0 Å². The molecule has 0 heterocycles. The average molecular weight is 540 g/mol. The fourth-order valence-electron chi connectivity index (χ4n) is 3.98. The van der Waals surface area contributed by atoms with Gasteiger partial charge in [0.2, 0.25) is 11.8 Å². The molecular weight excluding hydrogens is 506 g/mol. The van der Waals surface area contributed by atoms with Crippen LogP contribution in [-0.4, -0.2) is 51.0 Å².